The first-order valence-corrected chi connectivity index (χ1v) is 34.8. The fourth-order valence-corrected chi connectivity index (χ4v) is 12.6. The summed E-state index contributed by atoms with van der Waals surface area (Å²) in [6.07, 6.45) is 35.4. The first-order valence-electron chi connectivity index (χ1n) is 33.3. The van der Waals surface area contributed by atoms with Gasteiger partial charge in [-0.1, -0.05) is 156 Å². The molecule has 482 valence electrons. The average Bonchev–Trinajstić information content (AvgIpc) is 3.76. The highest BCUT2D eigenvalue weighted by atomic mass is 31.2. The van der Waals surface area contributed by atoms with Crippen LogP contribution in [0.3, 0.4) is 0 Å². The van der Waals surface area contributed by atoms with Gasteiger partial charge in [0.15, 0.2) is 0 Å². The number of hydrogen-bond donors (Lipinski definition) is 3. The van der Waals surface area contributed by atoms with Gasteiger partial charge in [-0.3, -0.25) is 28.0 Å². The molecule has 0 aromatic heterocycles. The van der Waals surface area contributed by atoms with Gasteiger partial charge in [-0.2, -0.15) is 0 Å². The number of carbonyl (C=O) groups excluding carboxylic acids is 3. The van der Waals surface area contributed by atoms with E-state index in [0.29, 0.717) is 92.5 Å². The van der Waals surface area contributed by atoms with Gasteiger partial charge >= 0.3 is 25.7 Å². The molecule has 20 heteroatoms. The van der Waals surface area contributed by atoms with Crippen LogP contribution in [-0.2, 0) is 75.2 Å². The lowest BCUT2D eigenvalue weighted by molar-refractivity contribution is -0.147. The Morgan fingerprint density at radius 2 is 0.542 bits per heavy atom. The van der Waals surface area contributed by atoms with Crippen LogP contribution in [0.4, 0.5) is 0 Å². The van der Waals surface area contributed by atoms with Crippen molar-refractivity contribution >= 4 is 25.7 Å². The van der Waals surface area contributed by atoms with E-state index < -0.39 is 83.7 Å². The van der Waals surface area contributed by atoms with E-state index in [9.17, 15) is 34.3 Å². The van der Waals surface area contributed by atoms with Crippen molar-refractivity contribution in [1.82, 2.24) is 0 Å². The maximum Gasteiger partial charge on any atom is 0.475 e. The Bertz CT molecular complexity index is 1630. The Kier molecular flexibility index (Phi) is 33.8. The van der Waals surface area contributed by atoms with Crippen LogP contribution in [0, 0.1) is 0 Å². The van der Waals surface area contributed by atoms with Crippen molar-refractivity contribution in [3.8, 4) is 0 Å². The number of esters is 3. The highest BCUT2D eigenvalue weighted by molar-refractivity contribution is 7.48. The fourth-order valence-electron chi connectivity index (χ4n) is 11.3. The molecule has 0 amide bonds. The smallest absolute Gasteiger partial charge is 0.463 e. The van der Waals surface area contributed by atoms with Crippen LogP contribution in [-0.4, -0.2) is 164 Å². The topological polar surface area (TPSA) is 260 Å². The number of carbonyl (C=O) groups is 3. The van der Waals surface area contributed by atoms with Crippen LogP contribution in [0.15, 0.2) is 0 Å². The van der Waals surface area contributed by atoms with E-state index in [1.165, 1.54) is 57.8 Å². The molecule has 6 fully saturated rings. The number of phosphoric ester groups is 1. The molecule has 6 rings (SSSR count). The minimum Gasteiger partial charge on any atom is -0.463 e. The van der Waals surface area contributed by atoms with Gasteiger partial charge in [-0.05, 0) is 57.8 Å². The zero-order chi connectivity index (χ0) is 59.1. The Hall–Kier alpha value is -1.84. The molecule has 0 radical (unpaired) electrons. The Labute approximate surface area is 497 Å². The van der Waals surface area contributed by atoms with Crippen molar-refractivity contribution in [3.05, 3.63) is 0 Å². The Morgan fingerprint density at radius 1 is 0.325 bits per heavy atom. The molecule has 19 nitrogen and oxygen atoms in total. The molecule has 0 aromatic rings. The molecule has 15 atom stereocenters. The number of hydrogen-bond acceptors (Lipinski definition) is 19. The van der Waals surface area contributed by atoms with Crippen LogP contribution in [0.25, 0.3) is 0 Å². The minimum atomic E-state index is -4.61. The first kappa shape index (κ1) is 70.2. The van der Waals surface area contributed by atoms with Crippen molar-refractivity contribution < 1.29 is 90.5 Å². The van der Waals surface area contributed by atoms with E-state index in [-0.39, 0.29) is 19.3 Å². The van der Waals surface area contributed by atoms with Crippen molar-refractivity contribution in [2.75, 3.05) is 39.6 Å². The fraction of sp³-hybridized carbons (Fsp3) is 0.952. The number of ether oxygens (including phenoxy) is 9. The van der Waals surface area contributed by atoms with Gasteiger partial charge in [0.1, 0.15) is 38.1 Å². The maximum atomic E-state index is 13.8. The van der Waals surface area contributed by atoms with Gasteiger partial charge in [-0.25, -0.2) is 4.57 Å². The molecule has 6 aliphatic rings. The molecule has 6 saturated heterocycles. The summed E-state index contributed by atoms with van der Waals surface area (Å²) in [6, 6.07) is 0. The lowest BCUT2D eigenvalue weighted by atomic mass is 10.0. The summed E-state index contributed by atoms with van der Waals surface area (Å²) in [5.41, 5.74) is 0. The minimum absolute atomic E-state index is 0.180. The second-order valence-electron chi connectivity index (χ2n) is 24.7. The van der Waals surface area contributed by atoms with Gasteiger partial charge in [0.25, 0.3) is 0 Å². The third kappa shape index (κ3) is 31.8. The van der Waals surface area contributed by atoms with Crippen molar-refractivity contribution in [2.24, 2.45) is 0 Å². The van der Waals surface area contributed by atoms with E-state index in [4.69, 9.17) is 56.2 Å². The third-order valence-electron chi connectivity index (χ3n) is 17.0. The molecule has 0 saturated carbocycles. The van der Waals surface area contributed by atoms with Crippen LogP contribution < -0.4 is 0 Å². The largest absolute Gasteiger partial charge is 0.475 e. The van der Waals surface area contributed by atoms with Crippen LogP contribution in [0.5, 0.6) is 0 Å². The zero-order valence-electron chi connectivity index (χ0n) is 51.2. The number of epoxide rings is 6. The lowest BCUT2D eigenvalue weighted by Gasteiger charge is -2.22. The third-order valence-corrected chi connectivity index (χ3v) is 18.4. The average molecular weight is 1200 g/mol. The summed E-state index contributed by atoms with van der Waals surface area (Å²) in [4.78, 5) is 37.5. The standard InChI is InChI=1S/C63H111O19P/c1-4-7-19-28-49-55(77-49)37-58-52(80-58)31-22-13-10-16-25-34-61(67)71-40-46(64)43-74-83(70,75-44-47(65)41-72-62(68)35-26-17-11-14-23-32-53-59(81-53)38-56-50(78-56)29-20-8-5-2)76-45-48(66)42-73-63(69)36-27-18-12-15-24-33-54-60(82-54)39-57-51(79-57)30-21-9-6-3/h46-60,64-66H,4-45H2,1-3H3/t46-,47-,48-,49+,50+,51+,52?,53?,54?,55?,56?,57?,58+,59+,60+,83?/m0/s1. The number of aliphatic hydroxyl groups is 3. The normalized spacial score (nSPS) is 28.2. The summed E-state index contributed by atoms with van der Waals surface area (Å²) < 4.78 is 80.8. The van der Waals surface area contributed by atoms with Crippen LogP contribution >= 0.6 is 7.82 Å². The van der Waals surface area contributed by atoms with Crippen LogP contribution in [0.1, 0.15) is 252 Å². The predicted octanol–water partition coefficient (Wildman–Crippen LogP) is 11.6. The Morgan fingerprint density at radius 3 is 0.783 bits per heavy atom. The van der Waals surface area contributed by atoms with Crippen LogP contribution in [0.2, 0.25) is 0 Å². The summed E-state index contributed by atoms with van der Waals surface area (Å²) in [7, 11) is -4.61. The van der Waals surface area contributed by atoms with E-state index in [1.807, 2.05) is 0 Å². The monoisotopic (exact) mass is 1200 g/mol. The van der Waals surface area contributed by atoms with E-state index >= 15 is 0 Å². The number of rotatable bonds is 57. The Balaban J connectivity index is 0.785. The van der Waals surface area contributed by atoms with Gasteiger partial charge in [0.05, 0.1) is 93.1 Å². The molecule has 6 heterocycles. The summed E-state index contributed by atoms with van der Waals surface area (Å²) in [5.74, 6) is -1.47. The number of phosphoric acid groups is 1. The van der Waals surface area contributed by atoms with Crippen molar-refractivity contribution in [2.45, 2.75) is 343 Å². The predicted molar refractivity (Wildman–Crippen MR) is 312 cm³/mol. The van der Waals surface area contributed by atoms with Gasteiger partial charge in [-0.15, -0.1) is 0 Å². The molecular weight excluding hydrogens is 1090 g/mol. The lowest BCUT2D eigenvalue weighted by Crippen LogP contribution is -2.27. The highest BCUT2D eigenvalue weighted by Gasteiger charge is 2.49. The molecule has 83 heavy (non-hydrogen) atoms. The molecule has 6 aliphatic heterocycles. The highest BCUT2D eigenvalue weighted by Crippen LogP contribution is 2.50. The van der Waals surface area contributed by atoms with E-state index in [1.54, 1.807) is 0 Å². The molecule has 0 spiro atoms. The van der Waals surface area contributed by atoms with Crippen molar-refractivity contribution in [1.29, 1.82) is 0 Å². The SMILES string of the molecule is CCCCC[C@H]1OC1C[C@H]1OC1CCCCCCCC(=O)OC[C@H](O)COP(=O)(OC[C@@H](O)COC(=O)CCCCCCCC1O[C@@H]1CC1O[C@@H]1CCCCC)OC[C@@H](O)COC(=O)CCCCCCCC1O[C@@H]1CC1O[C@@H]1CCCCC. The van der Waals surface area contributed by atoms with Gasteiger partial charge in [0.2, 0.25) is 0 Å². The number of aliphatic hydroxyl groups excluding tert-OH is 3. The molecule has 0 aromatic carbocycles. The second kappa shape index (κ2) is 39.9. The van der Waals surface area contributed by atoms with Gasteiger partial charge in [0, 0.05) is 38.5 Å². The first-order chi connectivity index (χ1) is 40.3. The summed E-state index contributed by atoms with van der Waals surface area (Å²) >= 11 is 0. The molecule has 3 N–H and O–H groups in total. The molecular formula is C63H111O19P. The second-order valence-corrected chi connectivity index (χ2v) is 26.4. The molecule has 6 unspecified atom stereocenters. The zero-order valence-corrected chi connectivity index (χ0v) is 52.1. The van der Waals surface area contributed by atoms with Crippen molar-refractivity contribution in [3.63, 3.8) is 0 Å². The maximum absolute atomic E-state index is 13.8. The van der Waals surface area contributed by atoms with E-state index in [2.05, 4.69) is 20.8 Å². The summed E-state index contributed by atoms with van der Waals surface area (Å²) in [6.45, 7) is 3.38. The van der Waals surface area contributed by atoms with Gasteiger partial charge < -0.3 is 58.0 Å². The quantitative estimate of drug-likeness (QED) is 0.0168. The molecule has 0 aliphatic carbocycles. The molecule has 0 bridgehead atoms. The summed E-state index contributed by atoms with van der Waals surface area (Å²) in [5, 5.41) is 31.9. The number of unbranched alkanes of at least 4 members (excludes halogenated alkanes) is 18. The van der Waals surface area contributed by atoms with E-state index in [0.717, 1.165) is 135 Å².